The number of furan rings is 1. The fourth-order valence-electron chi connectivity index (χ4n) is 5.56. The van der Waals surface area contributed by atoms with Gasteiger partial charge in [0, 0.05) is 45.2 Å². The van der Waals surface area contributed by atoms with E-state index in [4.69, 9.17) is 4.42 Å². The number of para-hydroxylation sites is 1. The Balaban J connectivity index is 1.82. The molecule has 3 heterocycles. The van der Waals surface area contributed by atoms with Gasteiger partial charge in [-0.1, -0.05) is 67.3 Å². The monoisotopic (exact) mass is 477 g/mol. The molecule has 0 aliphatic carbocycles. The van der Waals surface area contributed by atoms with Crippen molar-refractivity contribution in [2.45, 2.75) is 6.92 Å². The lowest BCUT2D eigenvalue weighted by Gasteiger charge is -2.12. The van der Waals surface area contributed by atoms with E-state index in [-0.39, 0.29) is 0 Å². The van der Waals surface area contributed by atoms with E-state index in [1.807, 2.05) is 31.2 Å². The Morgan fingerprint density at radius 1 is 0.838 bits per heavy atom. The van der Waals surface area contributed by atoms with Gasteiger partial charge in [-0.2, -0.15) is 0 Å². The molecule has 0 saturated carbocycles. The van der Waals surface area contributed by atoms with Crippen LogP contribution in [-0.2, 0) is 0 Å². The highest BCUT2D eigenvalue weighted by Crippen LogP contribution is 2.46. The Morgan fingerprint density at radius 2 is 1.62 bits per heavy atom. The maximum atomic E-state index is 6.53. The highest BCUT2D eigenvalue weighted by atomic mass is 16.3. The quantitative estimate of drug-likeness (QED) is 0.238. The summed E-state index contributed by atoms with van der Waals surface area (Å²) in [6.45, 7) is 6.01. The molecule has 7 aromatic rings. The molecule has 0 aliphatic rings. The van der Waals surface area contributed by atoms with Crippen LogP contribution in [0.1, 0.15) is 6.92 Å². The van der Waals surface area contributed by atoms with Crippen molar-refractivity contribution < 1.29 is 4.42 Å². The molecule has 0 unspecified atom stereocenters. The third-order valence-corrected chi connectivity index (χ3v) is 6.95. The summed E-state index contributed by atoms with van der Waals surface area (Å²) < 4.78 is 8.83. The largest absolute Gasteiger partial charge is 0.456 e. The first-order valence-corrected chi connectivity index (χ1v) is 12.3. The van der Waals surface area contributed by atoms with E-state index < -0.39 is 0 Å². The number of aromatic nitrogens is 3. The van der Waals surface area contributed by atoms with Crippen LogP contribution in [0.25, 0.3) is 71.6 Å². The minimum atomic E-state index is 0.655. The second kappa shape index (κ2) is 8.32. The summed E-state index contributed by atoms with van der Waals surface area (Å²) in [7, 11) is 0. The van der Waals surface area contributed by atoms with Crippen molar-refractivity contribution in [3.63, 3.8) is 0 Å². The summed E-state index contributed by atoms with van der Waals surface area (Å²) in [6.07, 6.45) is 11.6. The highest BCUT2D eigenvalue weighted by molar-refractivity contribution is 6.33. The van der Waals surface area contributed by atoms with Crippen LogP contribution in [-0.4, -0.2) is 14.5 Å². The number of allylic oxidation sites excluding steroid dienone is 5. The van der Waals surface area contributed by atoms with Crippen molar-refractivity contribution in [1.82, 2.24) is 14.5 Å². The third kappa shape index (κ3) is 3.09. The highest BCUT2D eigenvalue weighted by Gasteiger charge is 2.24. The maximum Gasteiger partial charge on any atom is 0.161 e. The van der Waals surface area contributed by atoms with Gasteiger partial charge >= 0.3 is 0 Å². The SMILES string of the molecule is C=C/C=C(\C=C/C)n1c2ccccc2c2c3c(cc(-c4ncccn4)c21)oc1ccc2ccccc2c13. The zero-order valence-electron chi connectivity index (χ0n) is 20.3. The van der Waals surface area contributed by atoms with Crippen LogP contribution in [0.2, 0.25) is 0 Å². The fourth-order valence-corrected chi connectivity index (χ4v) is 5.56. The Morgan fingerprint density at radius 3 is 2.43 bits per heavy atom. The van der Waals surface area contributed by atoms with Crippen LogP contribution >= 0.6 is 0 Å². The molecule has 0 amide bonds. The summed E-state index contributed by atoms with van der Waals surface area (Å²) in [4.78, 5) is 9.30. The molecular weight excluding hydrogens is 454 g/mol. The summed E-state index contributed by atoms with van der Waals surface area (Å²) in [5.41, 5.74) is 5.77. The van der Waals surface area contributed by atoms with Crippen LogP contribution in [0, 0.1) is 0 Å². The number of hydrogen-bond donors (Lipinski definition) is 0. The van der Waals surface area contributed by atoms with Crippen LogP contribution in [0.4, 0.5) is 0 Å². The predicted octanol–water partition coefficient (Wildman–Crippen LogP) is 8.91. The number of rotatable bonds is 4. The zero-order valence-corrected chi connectivity index (χ0v) is 20.3. The molecule has 4 aromatic carbocycles. The molecule has 176 valence electrons. The van der Waals surface area contributed by atoms with Gasteiger partial charge in [0.1, 0.15) is 11.2 Å². The van der Waals surface area contributed by atoms with E-state index in [1.165, 1.54) is 10.8 Å². The summed E-state index contributed by atoms with van der Waals surface area (Å²) >= 11 is 0. The van der Waals surface area contributed by atoms with Gasteiger partial charge in [0.05, 0.1) is 11.0 Å². The molecule has 4 heteroatoms. The second-order valence-electron chi connectivity index (χ2n) is 9.03. The number of nitrogens with zero attached hydrogens (tertiary/aromatic N) is 3. The molecule has 3 aromatic heterocycles. The van der Waals surface area contributed by atoms with E-state index in [0.717, 1.165) is 55.0 Å². The molecule has 0 bridgehead atoms. The first kappa shape index (κ1) is 21.3. The van der Waals surface area contributed by atoms with Crippen molar-refractivity contribution in [1.29, 1.82) is 0 Å². The van der Waals surface area contributed by atoms with Gasteiger partial charge in [0.2, 0.25) is 0 Å². The molecule has 0 atom stereocenters. The standard InChI is InChI=1S/C33H23N3O/c1-3-10-22(11-4-2)36-26-15-8-7-14-24(26)30-31-28(20-25(32(30)36)33-34-18-9-19-35-33)37-27-17-16-21-12-5-6-13-23(21)29(27)31/h3-20H,1H2,2H3/b11-4-,22-10+. The Bertz CT molecular complexity index is 2060. The second-order valence-corrected chi connectivity index (χ2v) is 9.03. The van der Waals surface area contributed by atoms with Gasteiger partial charge in [0.15, 0.2) is 5.82 Å². The number of benzene rings is 4. The van der Waals surface area contributed by atoms with Gasteiger partial charge in [-0.05, 0) is 54.1 Å². The molecule has 37 heavy (non-hydrogen) atoms. The van der Waals surface area contributed by atoms with E-state index >= 15 is 0 Å². The van der Waals surface area contributed by atoms with Crippen molar-refractivity contribution in [2.75, 3.05) is 0 Å². The first-order valence-electron chi connectivity index (χ1n) is 12.3. The summed E-state index contributed by atoms with van der Waals surface area (Å²) in [6, 6.07) is 25.1. The Kier molecular flexibility index (Phi) is 4.79. The van der Waals surface area contributed by atoms with Crippen LogP contribution in [0.3, 0.4) is 0 Å². The molecule has 0 N–H and O–H groups in total. The summed E-state index contributed by atoms with van der Waals surface area (Å²) in [5, 5.41) is 6.87. The first-order chi connectivity index (χ1) is 18.3. The molecule has 0 spiro atoms. The molecule has 0 saturated heterocycles. The van der Waals surface area contributed by atoms with Crippen LogP contribution in [0.5, 0.6) is 0 Å². The zero-order chi connectivity index (χ0) is 24.9. The minimum Gasteiger partial charge on any atom is -0.456 e. The number of hydrogen-bond acceptors (Lipinski definition) is 3. The van der Waals surface area contributed by atoms with Gasteiger partial charge in [-0.15, -0.1) is 0 Å². The molecule has 7 rings (SSSR count). The van der Waals surface area contributed by atoms with Crippen molar-refractivity contribution in [2.24, 2.45) is 0 Å². The van der Waals surface area contributed by atoms with E-state index in [2.05, 4.69) is 93.9 Å². The minimum absolute atomic E-state index is 0.655. The van der Waals surface area contributed by atoms with Crippen molar-refractivity contribution in [3.8, 4) is 11.4 Å². The lowest BCUT2D eigenvalue weighted by molar-refractivity contribution is 0.669. The Hall–Kier alpha value is -4.96. The van der Waals surface area contributed by atoms with Crippen LogP contribution < -0.4 is 0 Å². The van der Waals surface area contributed by atoms with E-state index in [9.17, 15) is 0 Å². The van der Waals surface area contributed by atoms with Crippen molar-refractivity contribution in [3.05, 3.63) is 116 Å². The molecular formula is C33H23N3O. The third-order valence-electron chi connectivity index (χ3n) is 6.95. The molecule has 0 fully saturated rings. The lowest BCUT2D eigenvalue weighted by Crippen LogP contribution is -1.98. The van der Waals surface area contributed by atoms with Gasteiger partial charge in [-0.25, -0.2) is 9.97 Å². The maximum absolute atomic E-state index is 6.53. The number of fused-ring (bicyclic) bond motifs is 9. The average Bonchev–Trinajstić information content (AvgIpc) is 3.49. The van der Waals surface area contributed by atoms with E-state index in [0.29, 0.717) is 5.82 Å². The molecule has 0 aliphatic heterocycles. The van der Waals surface area contributed by atoms with Gasteiger partial charge in [-0.3, -0.25) is 0 Å². The Labute approximate surface area is 213 Å². The molecule has 4 nitrogen and oxygen atoms in total. The predicted molar refractivity (Wildman–Crippen MR) is 155 cm³/mol. The fraction of sp³-hybridized carbons (Fsp3) is 0.0303. The smallest absolute Gasteiger partial charge is 0.161 e. The summed E-state index contributed by atoms with van der Waals surface area (Å²) in [5.74, 6) is 0.655. The van der Waals surface area contributed by atoms with Crippen LogP contribution in [0.15, 0.2) is 120 Å². The lowest BCUT2D eigenvalue weighted by atomic mass is 9.98. The average molecular weight is 478 g/mol. The normalized spacial score (nSPS) is 12.6. The van der Waals surface area contributed by atoms with E-state index in [1.54, 1.807) is 12.4 Å². The molecule has 0 radical (unpaired) electrons. The van der Waals surface area contributed by atoms with Gasteiger partial charge in [0.25, 0.3) is 0 Å². The van der Waals surface area contributed by atoms with Gasteiger partial charge < -0.3 is 8.98 Å². The topological polar surface area (TPSA) is 43.9 Å². The van der Waals surface area contributed by atoms with Crippen molar-refractivity contribution >= 4 is 60.2 Å².